The molecule has 2 aromatic carbocycles. The Morgan fingerprint density at radius 2 is 2.11 bits per heavy atom. The van der Waals surface area contributed by atoms with Gasteiger partial charge in [0.25, 0.3) is 0 Å². The monoisotopic (exact) mass is 386 g/mol. The molecule has 0 spiro atoms. The molecule has 0 fully saturated rings. The molecule has 2 aromatic rings. The summed E-state index contributed by atoms with van der Waals surface area (Å²) in [5, 5.41) is 0.584. The number of amidine groups is 1. The number of carbonyl (C=O) groups is 1. The van der Waals surface area contributed by atoms with E-state index in [9.17, 15) is 4.79 Å². The number of ether oxygens (including phenoxy) is 2. The standard InChI is InChI=1S/C19H19ClN4O3/c1-3-27-19(25)24-23-17-11-21-18(12-5-4-6-14(9-12)26-2)15-10-13(20)7-8-16(15)22-17/h4-10H,3,11H2,1-2H3,(H,22,23)(H,24,25). The second kappa shape index (κ2) is 8.55. The van der Waals surface area contributed by atoms with E-state index in [0.29, 0.717) is 16.5 Å². The predicted octanol–water partition coefficient (Wildman–Crippen LogP) is 3.48. The molecule has 0 saturated carbocycles. The summed E-state index contributed by atoms with van der Waals surface area (Å²) in [6, 6.07) is 13.0. The molecule has 1 heterocycles. The Balaban J connectivity index is 1.96. The van der Waals surface area contributed by atoms with E-state index in [2.05, 4.69) is 20.8 Å². The molecule has 3 rings (SSSR count). The van der Waals surface area contributed by atoms with Crippen molar-refractivity contribution >= 4 is 34.9 Å². The van der Waals surface area contributed by atoms with Crippen LogP contribution in [0.15, 0.2) is 52.4 Å². The Morgan fingerprint density at radius 3 is 2.89 bits per heavy atom. The zero-order valence-corrected chi connectivity index (χ0v) is 15.7. The Bertz CT molecular complexity index is 912. The highest BCUT2D eigenvalue weighted by atomic mass is 35.5. The number of hydrogen-bond donors (Lipinski definition) is 2. The second-order valence-electron chi connectivity index (χ2n) is 5.59. The Kier molecular flexibility index (Phi) is 5.93. The molecule has 0 aromatic heterocycles. The highest BCUT2D eigenvalue weighted by Crippen LogP contribution is 2.29. The van der Waals surface area contributed by atoms with E-state index in [0.717, 1.165) is 22.6 Å². The van der Waals surface area contributed by atoms with Crippen molar-refractivity contribution in [2.75, 3.05) is 20.3 Å². The van der Waals surface area contributed by atoms with Crippen LogP contribution in [-0.2, 0) is 4.74 Å². The molecule has 140 valence electrons. The van der Waals surface area contributed by atoms with E-state index in [1.54, 1.807) is 20.1 Å². The van der Waals surface area contributed by atoms with Gasteiger partial charge in [0, 0.05) is 16.1 Å². The topological polar surface area (TPSA) is 84.3 Å². The van der Waals surface area contributed by atoms with E-state index in [1.165, 1.54) is 0 Å². The van der Waals surface area contributed by atoms with Gasteiger partial charge < -0.3 is 9.47 Å². The molecule has 1 aliphatic heterocycles. The summed E-state index contributed by atoms with van der Waals surface area (Å²) in [5.41, 5.74) is 8.30. The minimum atomic E-state index is -0.585. The largest absolute Gasteiger partial charge is 0.497 e. The number of nitrogens with zero attached hydrogens (tertiary/aromatic N) is 2. The summed E-state index contributed by atoms with van der Waals surface area (Å²) >= 11 is 6.20. The smallest absolute Gasteiger partial charge is 0.425 e. The number of hydrazine groups is 1. The first kappa shape index (κ1) is 18.7. The van der Waals surface area contributed by atoms with Crippen LogP contribution < -0.4 is 15.6 Å². The average Bonchev–Trinajstić information content (AvgIpc) is 2.85. The molecule has 0 unspecified atom stereocenters. The molecule has 1 aliphatic rings. The molecule has 1 amide bonds. The molecule has 0 bridgehead atoms. The fourth-order valence-electron chi connectivity index (χ4n) is 2.59. The summed E-state index contributed by atoms with van der Waals surface area (Å²) in [7, 11) is 1.62. The number of hydrogen-bond acceptors (Lipinski definition) is 6. The van der Waals surface area contributed by atoms with Gasteiger partial charge in [0.05, 0.1) is 31.7 Å². The van der Waals surface area contributed by atoms with Crippen molar-refractivity contribution in [3.8, 4) is 5.75 Å². The highest BCUT2D eigenvalue weighted by molar-refractivity contribution is 6.31. The number of rotatable bonds is 3. The molecular weight excluding hydrogens is 368 g/mol. The maximum Gasteiger partial charge on any atom is 0.425 e. The van der Waals surface area contributed by atoms with Crippen molar-refractivity contribution in [3.63, 3.8) is 0 Å². The van der Waals surface area contributed by atoms with E-state index < -0.39 is 6.09 Å². The normalized spacial score (nSPS) is 12.9. The van der Waals surface area contributed by atoms with Crippen molar-refractivity contribution in [1.82, 2.24) is 10.9 Å². The Morgan fingerprint density at radius 1 is 1.26 bits per heavy atom. The fourth-order valence-corrected chi connectivity index (χ4v) is 2.76. The van der Waals surface area contributed by atoms with E-state index >= 15 is 0 Å². The van der Waals surface area contributed by atoms with Gasteiger partial charge in [-0.05, 0) is 37.3 Å². The molecule has 2 N–H and O–H groups in total. The number of methoxy groups -OCH3 is 1. The SMILES string of the molecule is CCOC(=O)NNC1=Nc2ccc(Cl)cc2C(c2cccc(OC)c2)=NC1. The summed E-state index contributed by atoms with van der Waals surface area (Å²) < 4.78 is 10.1. The average molecular weight is 387 g/mol. The minimum absolute atomic E-state index is 0.241. The lowest BCUT2D eigenvalue weighted by atomic mass is 10.0. The van der Waals surface area contributed by atoms with E-state index in [-0.39, 0.29) is 13.2 Å². The van der Waals surface area contributed by atoms with Crippen molar-refractivity contribution < 1.29 is 14.3 Å². The van der Waals surface area contributed by atoms with Crippen molar-refractivity contribution in [2.24, 2.45) is 9.98 Å². The van der Waals surface area contributed by atoms with Crippen molar-refractivity contribution in [1.29, 1.82) is 0 Å². The van der Waals surface area contributed by atoms with Crippen LogP contribution in [0.1, 0.15) is 18.1 Å². The summed E-state index contributed by atoms with van der Waals surface area (Å²) in [4.78, 5) is 20.7. The molecule has 27 heavy (non-hydrogen) atoms. The lowest BCUT2D eigenvalue weighted by Crippen LogP contribution is -2.43. The van der Waals surface area contributed by atoms with Gasteiger partial charge in [-0.1, -0.05) is 23.7 Å². The molecule has 0 aliphatic carbocycles. The second-order valence-corrected chi connectivity index (χ2v) is 6.02. The predicted molar refractivity (Wildman–Crippen MR) is 105 cm³/mol. The lowest BCUT2D eigenvalue weighted by molar-refractivity contribution is 0.150. The summed E-state index contributed by atoms with van der Waals surface area (Å²) in [5.74, 6) is 1.20. The van der Waals surface area contributed by atoms with Crippen molar-refractivity contribution in [2.45, 2.75) is 6.92 Å². The van der Waals surface area contributed by atoms with Crippen LogP contribution in [0.2, 0.25) is 5.02 Å². The van der Waals surface area contributed by atoms with E-state index in [1.807, 2.05) is 36.4 Å². The van der Waals surface area contributed by atoms with Crippen LogP contribution in [0.5, 0.6) is 5.75 Å². The fraction of sp³-hybridized carbons (Fsp3) is 0.211. The first-order valence-electron chi connectivity index (χ1n) is 8.36. The lowest BCUT2D eigenvalue weighted by Gasteiger charge is -2.10. The number of halogens is 1. The summed E-state index contributed by atoms with van der Waals surface area (Å²) in [6.45, 7) is 2.25. The highest BCUT2D eigenvalue weighted by Gasteiger charge is 2.17. The Hall–Kier alpha value is -3.06. The van der Waals surface area contributed by atoms with Gasteiger partial charge in [0.2, 0.25) is 0 Å². The minimum Gasteiger partial charge on any atom is -0.497 e. The van der Waals surface area contributed by atoms with Gasteiger partial charge in [0.15, 0.2) is 0 Å². The van der Waals surface area contributed by atoms with Crippen LogP contribution in [-0.4, -0.2) is 37.9 Å². The molecule has 7 nitrogen and oxygen atoms in total. The Labute approximate surface area is 162 Å². The van der Waals surface area contributed by atoms with Gasteiger partial charge in [-0.25, -0.2) is 15.2 Å². The van der Waals surface area contributed by atoms with Crippen LogP contribution in [0.25, 0.3) is 0 Å². The molecular formula is C19H19ClN4O3. The number of amides is 1. The third-order valence-corrected chi connectivity index (χ3v) is 4.02. The van der Waals surface area contributed by atoms with Crippen molar-refractivity contribution in [3.05, 3.63) is 58.6 Å². The quantitative estimate of drug-likeness (QED) is 0.791. The first-order chi connectivity index (χ1) is 13.1. The van der Waals surface area contributed by atoms with Gasteiger partial charge in [-0.15, -0.1) is 0 Å². The number of nitrogens with one attached hydrogen (secondary N) is 2. The molecule has 0 atom stereocenters. The zero-order valence-electron chi connectivity index (χ0n) is 15.0. The van der Waals surface area contributed by atoms with Crippen LogP contribution in [0.3, 0.4) is 0 Å². The maximum atomic E-state index is 11.5. The zero-order chi connectivity index (χ0) is 19.2. The molecule has 8 heteroatoms. The van der Waals surface area contributed by atoms with Gasteiger partial charge in [0.1, 0.15) is 11.6 Å². The number of fused-ring (bicyclic) bond motifs is 1. The van der Waals surface area contributed by atoms with Gasteiger partial charge in [-0.2, -0.15) is 0 Å². The third kappa shape index (κ3) is 4.57. The van der Waals surface area contributed by atoms with Crippen LogP contribution in [0, 0.1) is 0 Å². The summed E-state index contributed by atoms with van der Waals surface area (Å²) in [6.07, 6.45) is -0.585. The third-order valence-electron chi connectivity index (χ3n) is 3.78. The molecule has 0 radical (unpaired) electrons. The van der Waals surface area contributed by atoms with Gasteiger partial charge >= 0.3 is 6.09 Å². The number of benzene rings is 2. The first-order valence-corrected chi connectivity index (χ1v) is 8.73. The number of aliphatic imine (C=N–C) groups is 2. The van der Waals surface area contributed by atoms with Crippen LogP contribution in [0.4, 0.5) is 10.5 Å². The van der Waals surface area contributed by atoms with E-state index in [4.69, 9.17) is 21.1 Å². The molecule has 0 saturated heterocycles. The van der Waals surface area contributed by atoms with Gasteiger partial charge in [-0.3, -0.25) is 10.4 Å². The number of carbonyl (C=O) groups excluding carboxylic acids is 1. The van der Waals surface area contributed by atoms with Crippen LogP contribution >= 0.6 is 11.6 Å². The maximum absolute atomic E-state index is 11.5.